The molecule has 5 rings (SSSR count). The van der Waals surface area contributed by atoms with E-state index < -0.39 is 65.9 Å². The average Bonchev–Trinajstić information content (AvgIpc) is 3.73. The first-order valence-corrected chi connectivity index (χ1v) is 13.6. The first-order chi connectivity index (χ1) is 20.7. The number of nitrogens with two attached hydrogens (primary N) is 2. The van der Waals surface area contributed by atoms with Gasteiger partial charge in [0.05, 0.1) is 29.0 Å². The fraction of sp³-hybridized carbons (Fsp3) is 0.310. The molecule has 0 spiro atoms. The molecule has 1 aliphatic carbocycles. The minimum Gasteiger partial charge on any atom is -0.489 e. The van der Waals surface area contributed by atoms with Gasteiger partial charge in [0.1, 0.15) is 36.0 Å². The van der Waals surface area contributed by atoms with Crippen LogP contribution in [0.1, 0.15) is 40.0 Å². The molecule has 2 atom stereocenters. The first kappa shape index (κ1) is 31.1. The van der Waals surface area contributed by atoms with Crippen molar-refractivity contribution in [2.24, 2.45) is 10.7 Å². The molecular formula is C29H25ClF5N5O4. The molecule has 0 saturated heterocycles. The summed E-state index contributed by atoms with van der Waals surface area (Å²) in [5, 5.41) is 13.2. The fourth-order valence-corrected chi connectivity index (χ4v) is 4.86. The van der Waals surface area contributed by atoms with Gasteiger partial charge in [-0.1, -0.05) is 11.6 Å². The van der Waals surface area contributed by atoms with Gasteiger partial charge in [-0.25, -0.2) is 13.8 Å². The second-order valence-corrected chi connectivity index (χ2v) is 11.0. The number of amides is 2. The van der Waals surface area contributed by atoms with Gasteiger partial charge in [0, 0.05) is 28.5 Å². The Morgan fingerprint density at radius 2 is 1.89 bits per heavy atom. The Morgan fingerprint density at radius 3 is 2.48 bits per heavy atom. The molecule has 44 heavy (non-hydrogen) atoms. The number of nitrogens with zero attached hydrogens (tertiary/aromatic N) is 2. The number of hydrogen-bond donors (Lipinski definition) is 4. The van der Waals surface area contributed by atoms with E-state index in [9.17, 15) is 36.6 Å². The minimum absolute atomic E-state index is 0.0362. The Hall–Kier alpha value is -4.30. The Kier molecular flexibility index (Phi) is 8.01. The van der Waals surface area contributed by atoms with Gasteiger partial charge in [-0.05, 0) is 55.3 Å². The summed E-state index contributed by atoms with van der Waals surface area (Å²) >= 11 is 6.15. The zero-order valence-electron chi connectivity index (χ0n) is 22.7. The van der Waals surface area contributed by atoms with Crippen molar-refractivity contribution in [2.45, 2.75) is 36.1 Å². The molecule has 232 valence electrons. The highest BCUT2D eigenvalue weighted by Gasteiger charge is 2.58. The SMILES string of the molecule is NC(=O)[C@@]1(CF)COc2c1cc([C@@](O)(CNC(=O)c1cc(Cl)c(N)c(C=NC3CC3)c1)C(F)(F)F)nc2-c1ccc(F)cc1. The lowest BCUT2D eigenvalue weighted by Crippen LogP contribution is -2.52. The van der Waals surface area contributed by atoms with Crippen molar-refractivity contribution in [1.82, 2.24) is 10.3 Å². The number of pyridine rings is 1. The molecule has 1 aromatic heterocycles. The summed E-state index contributed by atoms with van der Waals surface area (Å²) in [5.41, 5.74) is 3.77. The van der Waals surface area contributed by atoms with Gasteiger partial charge < -0.3 is 26.6 Å². The molecule has 6 N–H and O–H groups in total. The molecule has 0 bridgehead atoms. The van der Waals surface area contributed by atoms with E-state index in [1.54, 1.807) is 0 Å². The summed E-state index contributed by atoms with van der Waals surface area (Å²) in [6.45, 7) is -3.55. The minimum atomic E-state index is -5.47. The Labute approximate surface area is 252 Å². The Balaban J connectivity index is 1.57. The van der Waals surface area contributed by atoms with E-state index in [0.717, 1.165) is 31.0 Å². The van der Waals surface area contributed by atoms with E-state index in [2.05, 4.69) is 9.98 Å². The standard InChI is InChI=1S/C29H25ClF5N5O4/c30-20-8-15(7-16(22(20)36)10-38-18-5-6-18)25(41)39-12-28(43,29(33,34)35)21-9-19-24(44-13-27(19,11-31)26(37)42)23(40-21)14-1-3-17(32)4-2-14/h1-4,7-10,18,43H,5-6,11-13,36H2,(H2,37,42)(H,39,41)/t27-,28-/m0/s1. The van der Waals surface area contributed by atoms with Gasteiger partial charge in [-0.2, -0.15) is 13.2 Å². The molecule has 0 radical (unpaired) electrons. The molecular weight excluding hydrogens is 613 g/mol. The number of aromatic nitrogens is 1. The first-order valence-electron chi connectivity index (χ1n) is 13.2. The monoisotopic (exact) mass is 637 g/mol. The highest BCUT2D eigenvalue weighted by Crippen LogP contribution is 2.48. The van der Waals surface area contributed by atoms with Gasteiger partial charge in [0.2, 0.25) is 11.5 Å². The number of primary amides is 1. The molecule has 2 aromatic carbocycles. The van der Waals surface area contributed by atoms with Crippen LogP contribution in [0.3, 0.4) is 0 Å². The predicted octanol–water partition coefficient (Wildman–Crippen LogP) is 3.97. The summed E-state index contributed by atoms with van der Waals surface area (Å²) in [5.74, 6) is -3.21. The number of carbonyl (C=O) groups excluding carboxylic acids is 2. The van der Waals surface area contributed by atoms with Crippen LogP contribution in [-0.4, -0.2) is 60.2 Å². The highest BCUT2D eigenvalue weighted by atomic mass is 35.5. The van der Waals surface area contributed by atoms with E-state index in [-0.39, 0.29) is 44.9 Å². The van der Waals surface area contributed by atoms with Crippen molar-refractivity contribution in [3.63, 3.8) is 0 Å². The average molecular weight is 638 g/mol. The van der Waals surface area contributed by atoms with Crippen molar-refractivity contribution >= 4 is 35.3 Å². The highest BCUT2D eigenvalue weighted by molar-refractivity contribution is 6.34. The number of halogens is 6. The van der Waals surface area contributed by atoms with Gasteiger partial charge in [0.15, 0.2) is 0 Å². The third-order valence-corrected chi connectivity index (χ3v) is 7.87. The quantitative estimate of drug-likeness (QED) is 0.158. The second kappa shape index (κ2) is 11.3. The molecule has 2 amide bonds. The topological polar surface area (TPSA) is 153 Å². The number of ether oxygens (including phenoxy) is 1. The number of benzene rings is 2. The molecule has 2 heterocycles. The van der Waals surface area contributed by atoms with Crippen LogP contribution in [0.25, 0.3) is 11.3 Å². The molecule has 15 heteroatoms. The number of nitrogen functional groups attached to an aromatic ring is 1. The molecule has 3 aromatic rings. The van der Waals surface area contributed by atoms with Gasteiger partial charge in [-0.3, -0.25) is 14.6 Å². The number of alkyl halides is 4. The summed E-state index contributed by atoms with van der Waals surface area (Å²) in [6, 6.07) is 7.57. The lowest BCUT2D eigenvalue weighted by atomic mass is 9.81. The van der Waals surface area contributed by atoms with Crippen molar-refractivity contribution < 1.29 is 41.4 Å². The van der Waals surface area contributed by atoms with E-state index >= 15 is 0 Å². The lowest BCUT2D eigenvalue weighted by Gasteiger charge is -2.31. The number of fused-ring (bicyclic) bond motifs is 1. The van der Waals surface area contributed by atoms with E-state index in [0.29, 0.717) is 6.07 Å². The maximum Gasteiger partial charge on any atom is 0.424 e. The zero-order chi connectivity index (χ0) is 32.0. The number of anilines is 1. The Morgan fingerprint density at radius 1 is 1.20 bits per heavy atom. The third kappa shape index (κ3) is 5.54. The van der Waals surface area contributed by atoms with Crippen molar-refractivity contribution in [3.8, 4) is 17.0 Å². The smallest absolute Gasteiger partial charge is 0.424 e. The van der Waals surface area contributed by atoms with Crippen molar-refractivity contribution in [2.75, 3.05) is 25.6 Å². The lowest BCUT2D eigenvalue weighted by molar-refractivity contribution is -0.265. The van der Waals surface area contributed by atoms with Crippen LogP contribution in [0.2, 0.25) is 5.02 Å². The fourth-order valence-electron chi connectivity index (χ4n) is 4.64. The number of carbonyl (C=O) groups is 2. The van der Waals surface area contributed by atoms with E-state index in [4.69, 9.17) is 27.8 Å². The molecule has 1 aliphatic heterocycles. The molecule has 2 aliphatic rings. The maximum absolute atomic E-state index is 14.6. The predicted molar refractivity (Wildman–Crippen MR) is 151 cm³/mol. The normalized spacial score (nSPS) is 19.3. The number of aliphatic hydroxyl groups is 1. The van der Waals surface area contributed by atoms with Crippen LogP contribution in [0.5, 0.6) is 5.75 Å². The van der Waals surface area contributed by atoms with Crippen molar-refractivity contribution in [3.05, 3.63) is 75.7 Å². The zero-order valence-corrected chi connectivity index (χ0v) is 23.5. The molecule has 9 nitrogen and oxygen atoms in total. The summed E-state index contributed by atoms with van der Waals surface area (Å²) in [6.07, 6.45) is -2.27. The van der Waals surface area contributed by atoms with E-state index in [1.165, 1.54) is 24.4 Å². The van der Waals surface area contributed by atoms with Gasteiger partial charge in [0.25, 0.3) is 5.91 Å². The summed E-state index contributed by atoms with van der Waals surface area (Å²) < 4.78 is 77.4. The number of nitrogens with one attached hydrogen (secondary N) is 1. The van der Waals surface area contributed by atoms with Crippen LogP contribution < -0.4 is 21.5 Å². The van der Waals surface area contributed by atoms with E-state index in [1.807, 2.05) is 5.32 Å². The maximum atomic E-state index is 14.6. The van der Waals surface area contributed by atoms with Crippen LogP contribution in [0.15, 0.2) is 47.5 Å². The van der Waals surface area contributed by atoms with Crippen LogP contribution >= 0.6 is 11.6 Å². The Bertz CT molecular complexity index is 1670. The molecule has 1 fully saturated rings. The van der Waals surface area contributed by atoms with Crippen LogP contribution in [0.4, 0.5) is 27.6 Å². The second-order valence-electron chi connectivity index (χ2n) is 10.6. The largest absolute Gasteiger partial charge is 0.489 e. The van der Waals surface area contributed by atoms with Crippen molar-refractivity contribution in [1.29, 1.82) is 0 Å². The van der Waals surface area contributed by atoms with Crippen LogP contribution in [0, 0.1) is 5.82 Å². The number of hydrogen-bond acceptors (Lipinski definition) is 7. The number of rotatable bonds is 9. The summed E-state index contributed by atoms with van der Waals surface area (Å²) in [4.78, 5) is 33.7. The van der Waals surface area contributed by atoms with Gasteiger partial charge in [-0.15, -0.1) is 0 Å². The summed E-state index contributed by atoms with van der Waals surface area (Å²) in [7, 11) is 0. The molecule has 1 saturated carbocycles. The number of aliphatic imine (C=N–C) groups is 1. The third-order valence-electron chi connectivity index (χ3n) is 7.56. The van der Waals surface area contributed by atoms with Crippen LogP contribution in [-0.2, 0) is 15.8 Å². The molecule has 0 unspecified atom stereocenters. The van der Waals surface area contributed by atoms with Gasteiger partial charge >= 0.3 is 6.18 Å².